The third-order valence-electron chi connectivity index (χ3n) is 2.61. The van der Waals surface area contributed by atoms with Crippen LogP contribution in [0.25, 0.3) is 0 Å². The monoisotopic (exact) mass is 245 g/mol. The lowest BCUT2D eigenvalue weighted by molar-refractivity contribution is -0.143. The van der Waals surface area contributed by atoms with Crippen molar-refractivity contribution in [3.8, 4) is 0 Å². The molecular weight excluding hydrogens is 218 g/mol. The summed E-state index contributed by atoms with van der Waals surface area (Å²) in [6, 6.07) is -0.185. The number of hydrogen-bond acceptors (Lipinski definition) is 4. The van der Waals surface area contributed by atoms with Crippen LogP contribution in [0.1, 0.15) is 46.0 Å². The molecular formula is C13H27NO3. The molecule has 0 bridgehead atoms. The number of rotatable bonds is 11. The van der Waals surface area contributed by atoms with Crippen molar-refractivity contribution >= 4 is 5.97 Å². The number of esters is 1. The smallest absolute Gasteiger partial charge is 0.322 e. The summed E-state index contributed by atoms with van der Waals surface area (Å²) in [7, 11) is 1.43. The highest BCUT2D eigenvalue weighted by Crippen LogP contribution is 2.02. The lowest BCUT2D eigenvalue weighted by Crippen LogP contribution is -2.39. The van der Waals surface area contributed by atoms with Gasteiger partial charge in [0.05, 0.1) is 13.7 Å². The molecule has 4 heteroatoms. The molecule has 4 nitrogen and oxygen atoms in total. The second-order valence-corrected chi connectivity index (χ2v) is 4.14. The van der Waals surface area contributed by atoms with Crippen molar-refractivity contribution in [2.75, 3.05) is 26.9 Å². The van der Waals surface area contributed by atoms with Crippen molar-refractivity contribution < 1.29 is 14.3 Å². The van der Waals surface area contributed by atoms with Gasteiger partial charge in [-0.15, -0.1) is 0 Å². The summed E-state index contributed by atoms with van der Waals surface area (Å²) in [5.41, 5.74) is 0. The highest BCUT2D eigenvalue weighted by atomic mass is 16.5. The van der Waals surface area contributed by atoms with Gasteiger partial charge in [-0.05, 0) is 12.8 Å². The summed E-state index contributed by atoms with van der Waals surface area (Å²) in [4.78, 5) is 11.5. The van der Waals surface area contributed by atoms with Crippen LogP contribution in [0.4, 0.5) is 0 Å². The molecule has 1 N–H and O–H groups in total. The van der Waals surface area contributed by atoms with E-state index in [-0.39, 0.29) is 12.0 Å². The molecule has 0 rings (SSSR count). The van der Waals surface area contributed by atoms with E-state index in [1.54, 1.807) is 0 Å². The molecule has 0 aliphatic heterocycles. The van der Waals surface area contributed by atoms with Gasteiger partial charge in [-0.2, -0.15) is 0 Å². The Bertz CT molecular complexity index is 186. The Labute approximate surface area is 105 Å². The summed E-state index contributed by atoms with van der Waals surface area (Å²) >= 11 is 0. The Morgan fingerprint density at radius 2 is 1.88 bits per heavy atom. The molecule has 1 unspecified atom stereocenters. The fourth-order valence-corrected chi connectivity index (χ4v) is 1.51. The second-order valence-electron chi connectivity index (χ2n) is 4.14. The molecule has 0 fully saturated rings. The fraction of sp³-hybridized carbons (Fsp3) is 0.923. The molecule has 0 spiro atoms. The van der Waals surface area contributed by atoms with E-state index < -0.39 is 0 Å². The molecule has 0 saturated heterocycles. The molecule has 0 aromatic carbocycles. The van der Waals surface area contributed by atoms with Gasteiger partial charge in [0.25, 0.3) is 0 Å². The van der Waals surface area contributed by atoms with Crippen molar-refractivity contribution in [3.63, 3.8) is 0 Å². The molecule has 17 heavy (non-hydrogen) atoms. The largest absolute Gasteiger partial charge is 0.468 e. The van der Waals surface area contributed by atoms with E-state index in [1.807, 2.05) is 0 Å². The SMILES string of the molecule is CCCCOCCNC(CCCC)C(=O)OC. The van der Waals surface area contributed by atoms with Crippen LogP contribution in [-0.2, 0) is 14.3 Å². The summed E-state index contributed by atoms with van der Waals surface area (Å²) in [6.45, 7) is 6.41. The summed E-state index contributed by atoms with van der Waals surface area (Å²) < 4.78 is 10.2. The predicted octanol–water partition coefficient (Wildman–Crippen LogP) is 2.12. The van der Waals surface area contributed by atoms with Gasteiger partial charge < -0.3 is 14.8 Å². The number of carbonyl (C=O) groups is 1. The number of hydrogen-bond donors (Lipinski definition) is 1. The van der Waals surface area contributed by atoms with Crippen LogP contribution in [0.15, 0.2) is 0 Å². The molecule has 0 aliphatic carbocycles. The van der Waals surface area contributed by atoms with Gasteiger partial charge in [0.2, 0.25) is 0 Å². The molecule has 0 aromatic heterocycles. The summed E-state index contributed by atoms with van der Waals surface area (Å²) in [5.74, 6) is -0.174. The van der Waals surface area contributed by atoms with Crippen LogP contribution >= 0.6 is 0 Å². The maximum Gasteiger partial charge on any atom is 0.322 e. The molecule has 1 atom stereocenters. The van der Waals surface area contributed by atoms with E-state index in [4.69, 9.17) is 9.47 Å². The number of ether oxygens (including phenoxy) is 2. The maximum atomic E-state index is 11.5. The van der Waals surface area contributed by atoms with Crippen LogP contribution in [0, 0.1) is 0 Å². The van der Waals surface area contributed by atoms with Gasteiger partial charge in [0.15, 0.2) is 0 Å². The quantitative estimate of drug-likeness (QED) is 0.447. The van der Waals surface area contributed by atoms with Crippen LogP contribution in [-0.4, -0.2) is 38.9 Å². The minimum Gasteiger partial charge on any atom is -0.468 e. The van der Waals surface area contributed by atoms with E-state index in [2.05, 4.69) is 19.2 Å². The Morgan fingerprint density at radius 1 is 1.18 bits per heavy atom. The zero-order chi connectivity index (χ0) is 12.9. The second kappa shape index (κ2) is 11.9. The van der Waals surface area contributed by atoms with Crippen LogP contribution in [0.3, 0.4) is 0 Å². The first-order valence-corrected chi connectivity index (χ1v) is 6.65. The van der Waals surface area contributed by atoms with Crippen molar-refractivity contribution in [2.45, 2.75) is 52.0 Å². The van der Waals surface area contributed by atoms with E-state index in [1.165, 1.54) is 7.11 Å². The Hall–Kier alpha value is -0.610. The Morgan fingerprint density at radius 3 is 2.47 bits per heavy atom. The molecule has 0 saturated carbocycles. The van der Waals surface area contributed by atoms with Crippen LogP contribution < -0.4 is 5.32 Å². The number of unbranched alkanes of at least 4 members (excludes halogenated alkanes) is 2. The first kappa shape index (κ1) is 16.4. The van der Waals surface area contributed by atoms with Crippen molar-refractivity contribution in [1.29, 1.82) is 0 Å². The first-order chi connectivity index (χ1) is 8.26. The average molecular weight is 245 g/mol. The van der Waals surface area contributed by atoms with Crippen molar-refractivity contribution in [1.82, 2.24) is 5.32 Å². The molecule has 0 aliphatic rings. The third kappa shape index (κ3) is 9.12. The third-order valence-corrected chi connectivity index (χ3v) is 2.61. The normalized spacial score (nSPS) is 12.4. The lowest BCUT2D eigenvalue weighted by atomic mass is 10.1. The van der Waals surface area contributed by atoms with E-state index >= 15 is 0 Å². The topological polar surface area (TPSA) is 47.6 Å². The first-order valence-electron chi connectivity index (χ1n) is 6.65. The maximum absolute atomic E-state index is 11.5. The zero-order valence-electron chi connectivity index (χ0n) is 11.5. The lowest BCUT2D eigenvalue weighted by Gasteiger charge is -2.16. The fourth-order valence-electron chi connectivity index (χ4n) is 1.51. The number of nitrogens with one attached hydrogen (secondary N) is 1. The number of carbonyl (C=O) groups excluding carboxylic acids is 1. The van der Waals surface area contributed by atoms with E-state index in [9.17, 15) is 4.79 Å². The van der Waals surface area contributed by atoms with Gasteiger partial charge >= 0.3 is 5.97 Å². The standard InChI is InChI=1S/C13H27NO3/c1-4-6-8-12(13(15)16-3)14-9-11-17-10-7-5-2/h12,14H,4-11H2,1-3H3. The highest BCUT2D eigenvalue weighted by molar-refractivity contribution is 5.75. The Balaban J connectivity index is 3.64. The molecule has 0 heterocycles. The van der Waals surface area contributed by atoms with Gasteiger partial charge in [0.1, 0.15) is 6.04 Å². The van der Waals surface area contributed by atoms with Gasteiger partial charge in [-0.3, -0.25) is 4.79 Å². The molecule has 0 radical (unpaired) electrons. The summed E-state index contributed by atoms with van der Waals surface area (Å²) in [5, 5.41) is 3.18. The van der Waals surface area contributed by atoms with Crippen LogP contribution in [0.2, 0.25) is 0 Å². The highest BCUT2D eigenvalue weighted by Gasteiger charge is 2.16. The predicted molar refractivity (Wildman–Crippen MR) is 69.1 cm³/mol. The zero-order valence-corrected chi connectivity index (χ0v) is 11.5. The molecule has 0 aromatic rings. The molecule has 0 amide bonds. The minimum absolute atomic E-state index is 0.174. The number of methoxy groups -OCH3 is 1. The molecule has 102 valence electrons. The van der Waals surface area contributed by atoms with Gasteiger partial charge in [0, 0.05) is 13.2 Å². The van der Waals surface area contributed by atoms with E-state index in [0.717, 1.165) is 38.7 Å². The van der Waals surface area contributed by atoms with Crippen molar-refractivity contribution in [3.05, 3.63) is 0 Å². The van der Waals surface area contributed by atoms with Crippen molar-refractivity contribution in [2.24, 2.45) is 0 Å². The van der Waals surface area contributed by atoms with Gasteiger partial charge in [-0.25, -0.2) is 0 Å². The average Bonchev–Trinajstić information content (AvgIpc) is 2.36. The van der Waals surface area contributed by atoms with Crippen LogP contribution in [0.5, 0.6) is 0 Å². The Kier molecular flexibility index (Phi) is 11.4. The summed E-state index contributed by atoms with van der Waals surface area (Å²) in [6.07, 6.45) is 5.19. The van der Waals surface area contributed by atoms with E-state index in [0.29, 0.717) is 13.2 Å². The van der Waals surface area contributed by atoms with Gasteiger partial charge in [-0.1, -0.05) is 33.1 Å². The minimum atomic E-state index is -0.185.